The molecule has 1 amide bonds. The molecule has 0 fully saturated rings. The predicted octanol–water partition coefficient (Wildman–Crippen LogP) is 4.95. The average Bonchev–Trinajstić information content (AvgIpc) is 2.96. The first-order chi connectivity index (χ1) is 11.0. The quantitative estimate of drug-likeness (QED) is 0.584. The Morgan fingerprint density at radius 3 is 2.48 bits per heavy atom. The number of hydrogen-bond donors (Lipinski definition) is 1. The summed E-state index contributed by atoms with van der Waals surface area (Å²) in [6.07, 6.45) is 0. The second-order valence-corrected chi connectivity index (χ2v) is 6.64. The molecule has 0 radical (unpaired) electrons. The van der Waals surface area contributed by atoms with Crippen molar-refractivity contribution in [3.63, 3.8) is 0 Å². The van der Waals surface area contributed by atoms with Crippen LogP contribution < -0.4 is 5.32 Å². The van der Waals surface area contributed by atoms with Gasteiger partial charge in [-0.15, -0.1) is 11.3 Å². The number of aromatic nitrogens is 1. The van der Waals surface area contributed by atoms with E-state index in [4.69, 9.17) is 0 Å². The molecule has 1 N–H and O–H groups in total. The van der Waals surface area contributed by atoms with Crippen molar-refractivity contribution >= 4 is 45.0 Å². The summed E-state index contributed by atoms with van der Waals surface area (Å²) in [6, 6.07) is 9.92. The van der Waals surface area contributed by atoms with Gasteiger partial charge in [-0.3, -0.25) is 10.1 Å². The Morgan fingerprint density at radius 2 is 1.78 bits per heavy atom. The molecule has 0 spiro atoms. The molecule has 3 aromatic rings. The molecule has 0 saturated heterocycles. The van der Waals surface area contributed by atoms with Crippen LogP contribution in [-0.4, -0.2) is 10.9 Å². The lowest BCUT2D eigenvalue weighted by molar-refractivity contribution is 0.102. The molecular formula is C16H9F2IN2OS. The maximum atomic E-state index is 13.1. The van der Waals surface area contributed by atoms with Crippen molar-refractivity contribution in [1.82, 2.24) is 4.98 Å². The van der Waals surface area contributed by atoms with Gasteiger partial charge in [0.1, 0.15) is 11.6 Å². The lowest BCUT2D eigenvalue weighted by atomic mass is 10.2. The minimum absolute atomic E-state index is 0.316. The number of thiazole rings is 1. The Bertz CT molecular complexity index is 865. The van der Waals surface area contributed by atoms with Crippen LogP contribution in [0.2, 0.25) is 0 Å². The van der Waals surface area contributed by atoms with Crippen molar-refractivity contribution in [1.29, 1.82) is 0 Å². The summed E-state index contributed by atoms with van der Waals surface area (Å²) in [5.74, 6) is -1.06. The van der Waals surface area contributed by atoms with E-state index in [2.05, 4.69) is 10.3 Å². The predicted molar refractivity (Wildman–Crippen MR) is 94.6 cm³/mol. The van der Waals surface area contributed by atoms with Crippen molar-refractivity contribution in [2.24, 2.45) is 0 Å². The first-order valence-corrected chi connectivity index (χ1v) is 8.46. The molecule has 0 atom stereocenters. The number of amides is 1. The zero-order valence-corrected chi connectivity index (χ0v) is 14.5. The molecule has 116 valence electrons. The number of benzene rings is 2. The van der Waals surface area contributed by atoms with Crippen molar-refractivity contribution < 1.29 is 13.6 Å². The van der Waals surface area contributed by atoms with Crippen LogP contribution in [0.1, 0.15) is 10.4 Å². The third kappa shape index (κ3) is 3.73. The standard InChI is InChI=1S/C16H9F2IN2OS/c17-10-3-1-9(2-4-10)14-8-23-16(20-14)21-15(22)12-6-5-11(18)7-13(12)19/h1-8H,(H,20,21,22). The van der Waals surface area contributed by atoms with Crippen LogP contribution in [-0.2, 0) is 0 Å². The highest BCUT2D eigenvalue weighted by Crippen LogP contribution is 2.25. The first-order valence-electron chi connectivity index (χ1n) is 6.51. The summed E-state index contributed by atoms with van der Waals surface area (Å²) in [5.41, 5.74) is 1.80. The van der Waals surface area contributed by atoms with Gasteiger partial charge >= 0.3 is 0 Å². The fourth-order valence-corrected chi connectivity index (χ4v) is 3.36. The van der Waals surface area contributed by atoms with Gasteiger partial charge in [0.05, 0.1) is 11.3 Å². The minimum atomic E-state index is -0.390. The lowest BCUT2D eigenvalue weighted by Gasteiger charge is -2.04. The van der Waals surface area contributed by atoms with Crippen LogP contribution in [0.25, 0.3) is 11.3 Å². The molecule has 0 bridgehead atoms. The topological polar surface area (TPSA) is 42.0 Å². The van der Waals surface area contributed by atoms with E-state index in [0.29, 0.717) is 20.0 Å². The van der Waals surface area contributed by atoms with Crippen LogP contribution in [0.4, 0.5) is 13.9 Å². The summed E-state index contributed by atoms with van der Waals surface area (Å²) < 4.78 is 26.5. The second-order valence-electron chi connectivity index (χ2n) is 4.62. The molecule has 3 nitrogen and oxygen atoms in total. The molecule has 0 aliphatic carbocycles. The number of halogens is 3. The third-order valence-electron chi connectivity index (χ3n) is 3.04. The van der Waals surface area contributed by atoms with Crippen LogP contribution in [0.15, 0.2) is 47.8 Å². The van der Waals surface area contributed by atoms with Gasteiger partial charge in [0.25, 0.3) is 5.91 Å². The summed E-state index contributed by atoms with van der Waals surface area (Å²) >= 11 is 3.18. The molecule has 23 heavy (non-hydrogen) atoms. The zero-order valence-electron chi connectivity index (χ0n) is 11.5. The summed E-state index contributed by atoms with van der Waals surface area (Å²) in [7, 11) is 0. The Balaban J connectivity index is 1.78. The summed E-state index contributed by atoms with van der Waals surface area (Å²) in [5, 5.41) is 4.89. The van der Waals surface area contributed by atoms with E-state index in [1.54, 1.807) is 17.5 Å². The number of carbonyl (C=O) groups is 1. The highest BCUT2D eigenvalue weighted by Gasteiger charge is 2.13. The number of nitrogens with one attached hydrogen (secondary N) is 1. The lowest BCUT2D eigenvalue weighted by Crippen LogP contribution is -2.13. The normalized spacial score (nSPS) is 10.6. The van der Waals surface area contributed by atoms with Crippen molar-refractivity contribution in [2.45, 2.75) is 0 Å². The van der Waals surface area contributed by atoms with Gasteiger partial charge in [-0.05, 0) is 65.1 Å². The highest BCUT2D eigenvalue weighted by molar-refractivity contribution is 14.1. The molecule has 0 aliphatic rings. The average molecular weight is 442 g/mol. The number of nitrogens with zero attached hydrogens (tertiary/aromatic N) is 1. The molecule has 2 aromatic carbocycles. The Hall–Kier alpha value is -1.87. The fraction of sp³-hybridized carbons (Fsp3) is 0. The van der Waals surface area contributed by atoms with Gasteiger partial charge in [0.15, 0.2) is 5.13 Å². The molecule has 0 unspecified atom stereocenters. The van der Waals surface area contributed by atoms with Crippen LogP contribution >= 0.6 is 33.9 Å². The molecule has 1 heterocycles. The fourth-order valence-electron chi connectivity index (χ4n) is 1.92. The third-order valence-corrected chi connectivity index (χ3v) is 4.69. The van der Waals surface area contributed by atoms with Crippen molar-refractivity contribution in [2.75, 3.05) is 5.32 Å². The maximum absolute atomic E-state index is 13.1. The van der Waals surface area contributed by atoms with E-state index in [1.807, 2.05) is 22.6 Å². The van der Waals surface area contributed by atoms with Gasteiger partial charge < -0.3 is 0 Å². The van der Waals surface area contributed by atoms with E-state index >= 15 is 0 Å². The maximum Gasteiger partial charge on any atom is 0.258 e. The molecular weight excluding hydrogens is 433 g/mol. The van der Waals surface area contributed by atoms with E-state index in [0.717, 1.165) is 5.56 Å². The van der Waals surface area contributed by atoms with Gasteiger partial charge in [-0.2, -0.15) is 0 Å². The molecule has 1 aromatic heterocycles. The van der Waals surface area contributed by atoms with Crippen molar-refractivity contribution in [3.8, 4) is 11.3 Å². The second kappa shape index (κ2) is 6.71. The van der Waals surface area contributed by atoms with E-state index in [-0.39, 0.29) is 11.7 Å². The highest BCUT2D eigenvalue weighted by atomic mass is 127. The largest absolute Gasteiger partial charge is 0.298 e. The Kier molecular flexibility index (Phi) is 4.67. The smallest absolute Gasteiger partial charge is 0.258 e. The first kappa shape index (κ1) is 16.0. The van der Waals surface area contributed by atoms with Gasteiger partial charge in [-0.1, -0.05) is 0 Å². The van der Waals surface area contributed by atoms with E-state index in [9.17, 15) is 13.6 Å². The SMILES string of the molecule is O=C(Nc1nc(-c2ccc(F)cc2)cs1)c1ccc(F)cc1I. The summed E-state index contributed by atoms with van der Waals surface area (Å²) in [4.78, 5) is 16.5. The summed E-state index contributed by atoms with van der Waals surface area (Å²) in [6.45, 7) is 0. The molecule has 0 saturated carbocycles. The molecule has 7 heteroatoms. The Morgan fingerprint density at radius 1 is 1.09 bits per heavy atom. The number of anilines is 1. The van der Waals surface area contributed by atoms with Crippen LogP contribution in [0.5, 0.6) is 0 Å². The minimum Gasteiger partial charge on any atom is -0.298 e. The Labute approximate surface area is 148 Å². The molecule has 3 rings (SSSR count). The van der Waals surface area contributed by atoms with Crippen molar-refractivity contribution in [3.05, 3.63) is 68.6 Å². The number of carbonyl (C=O) groups excluding carboxylic acids is 1. The monoisotopic (exact) mass is 442 g/mol. The molecule has 0 aliphatic heterocycles. The van der Waals surface area contributed by atoms with Crippen LogP contribution in [0, 0.1) is 15.2 Å². The number of rotatable bonds is 3. The van der Waals surface area contributed by atoms with E-state index < -0.39 is 5.82 Å². The van der Waals surface area contributed by atoms with Gasteiger partial charge in [0.2, 0.25) is 0 Å². The number of hydrogen-bond acceptors (Lipinski definition) is 3. The van der Waals surface area contributed by atoms with Gasteiger partial charge in [0, 0.05) is 14.5 Å². The van der Waals surface area contributed by atoms with Crippen LogP contribution in [0.3, 0.4) is 0 Å². The van der Waals surface area contributed by atoms with E-state index in [1.165, 1.54) is 41.7 Å². The zero-order chi connectivity index (χ0) is 16.4. The van der Waals surface area contributed by atoms with Gasteiger partial charge in [-0.25, -0.2) is 13.8 Å².